The second kappa shape index (κ2) is 5.15. The molecule has 1 aromatic carbocycles. The molecule has 0 bridgehead atoms. The van der Waals surface area contributed by atoms with E-state index in [9.17, 15) is 9.59 Å². The lowest BCUT2D eigenvalue weighted by atomic mass is 10.1. The van der Waals surface area contributed by atoms with Gasteiger partial charge in [0, 0.05) is 18.5 Å². The Labute approximate surface area is 117 Å². The van der Waals surface area contributed by atoms with E-state index in [1.807, 2.05) is 18.2 Å². The number of carbonyl (C=O) groups excluding carboxylic acids is 1. The van der Waals surface area contributed by atoms with Crippen LogP contribution in [-0.2, 0) is 4.79 Å². The SMILES string of the molecule is O=C(O)[C@@H]1CCCN1C(=O)NC1CC1c1ccccc1. The van der Waals surface area contributed by atoms with Gasteiger partial charge in [-0.2, -0.15) is 0 Å². The quantitative estimate of drug-likeness (QED) is 0.883. The average molecular weight is 274 g/mol. The lowest BCUT2D eigenvalue weighted by molar-refractivity contribution is -0.141. The third kappa shape index (κ3) is 2.48. The molecule has 1 saturated carbocycles. The highest BCUT2D eigenvalue weighted by Crippen LogP contribution is 2.40. The third-order valence-corrected chi connectivity index (χ3v) is 4.13. The van der Waals surface area contributed by atoms with Crippen molar-refractivity contribution < 1.29 is 14.7 Å². The van der Waals surface area contributed by atoms with Crippen LogP contribution >= 0.6 is 0 Å². The summed E-state index contributed by atoms with van der Waals surface area (Å²) in [5.74, 6) is -0.543. The van der Waals surface area contributed by atoms with Crippen LogP contribution in [0.5, 0.6) is 0 Å². The highest BCUT2D eigenvalue weighted by Gasteiger charge is 2.42. The van der Waals surface area contributed by atoms with Gasteiger partial charge in [0.15, 0.2) is 0 Å². The van der Waals surface area contributed by atoms with Crippen LogP contribution in [0.1, 0.15) is 30.7 Å². The largest absolute Gasteiger partial charge is 0.480 e. The van der Waals surface area contributed by atoms with Crippen molar-refractivity contribution in [2.45, 2.75) is 37.3 Å². The first kappa shape index (κ1) is 13.0. The fraction of sp³-hybridized carbons (Fsp3) is 0.467. The van der Waals surface area contributed by atoms with Crippen molar-refractivity contribution in [3.63, 3.8) is 0 Å². The lowest BCUT2D eigenvalue weighted by Gasteiger charge is -2.21. The Hall–Kier alpha value is -2.04. The van der Waals surface area contributed by atoms with E-state index in [1.54, 1.807) is 0 Å². The molecule has 1 saturated heterocycles. The number of carboxylic acid groups (broad SMARTS) is 1. The summed E-state index contributed by atoms with van der Waals surface area (Å²) in [5.41, 5.74) is 1.23. The van der Waals surface area contributed by atoms with E-state index in [0.717, 1.165) is 12.8 Å². The standard InChI is InChI=1S/C15H18N2O3/c18-14(19)13-7-4-8-17(13)15(20)16-12-9-11(12)10-5-2-1-3-6-10/h1-3,5-6,11-13H,4,7-9H2,(H,16,20)(H,18,19)/t11?,12?,13-/m0/s1. The van der Waals surface area contributed by atoms with Crippen LogP contribution in [-0.4, -0.2) is 40.6 Å². The maximum Gasteiger partial charge on any atom is 0.326 e. The predicted molar refractivity (Wildman–Crippen MR) is 73.5 cm³/mol. The van der Waals surface area contributed by atoms with E-state index in [2.05, 4.69) is 17.4 Å². The summed E-state index contributed by atoms with van der Waals surface area (Å²) in [6.07, 6.45) is 2.24. The number of carboxylic acids is 1. The van der Waals surface area contributed by atoms with Crippen LogP contribution in [0.2, 0.25) is 0 Å². The Kier molecular flexibility index (Phi) is 3.34. The molecule has 0 radical (unpaired) electrons. The minimum atomic E-state index is -0.909. The Morgan fingerprint density at radius 2 is 2.00 bits per heavy atom. The van der Waals surface area contributed by atoms with Crippen molar-refractivity contribution in [1.29, 1.82) is 0 Å². The van der Waals surface area contributed by atoms with Gasteiger partial charge >= 0.3 is 12.0 Å². The Bertz CT molecular complexity index is 517. The summed E-state index contributed by atoms with van der Waals surface area (Å²) in [4.78, 5) is 24.7. The van der Waals surface area contributed by atoms with Crippen LogP contribution in [0.4, 0.5) is 4.79 Å². The Morgan fingerprint density at radius 1 is 1.25 bits per heavy atom. The van der Waals surface area contributed by atoms with E-state index in [0.29, 0.717) is 18.9 Å². The maximum atomic E-state index is 12.1. The van der Waals surface area contributed by atoms with E-state index < -0.39 is 12.0 Å². The molecule has 0 spiro atoms. The van der Waals surface area contributed by atoms with Gasteiger partial charge in [-0.1, -0.05) is 30.3 Å². The van der Waals surface area contributed by atoms with Crippen LogP contribution in [0, 0.1) is 0 Å². The number of urea groups is 1. The van der Waals surface area contributed by atoms with Crippen molar-refractivity contribution in [3.05, 3.63) is 35.9 Å². The van der Waals surface area contributed by atoms with Gasteiger partial charge in [0.25, 0.3) is 0 Å². The molecule has 1 aliphatic carbocycles. The van der Waals surface area contributed by atoms with Gasteiger partial charge in [0.05, 0.1) is 0 Å². The number of rotatable bonds is 3. The highest BCUT2D eigenvalue weighted by molar-refractivity contribution is 5.83. The monoisotopic (exact) mass is 274 g/mol. The smallest absolute Gasteiger partial charge is 0.326 e. The average Bonchev–Trinajstić information content (AvgIpc) is 3.02. The number of amides is 2. The Morgan fingerprint density at radius 3 is 2.70 bits per heavy atom. The number of nitrogens with one attached hydrogen (secondary N) is 1. The second-order valence-corrected chi connectivity index (χ2v) is 5.50. The summed E-state index contributed by atoms with van der Waals surface area (Å²) in [6.45, 7) is 0.533. The third-order valence-electron chi connectivity index (χ3n) is 4.13. The molecule has 1 aliphatic heterocycles. The molecule has 5 heteroatoms. The van der Waals surface area contributed by atoms with E-state index in [-0.39, 0.29) is 12.1 Å². The van der Waals surface area contributed by atoms with Crippen molar-refractivity contribution in [2.24, 2.45) is 0 Å². The molecule has 1 heterocycles. The highest BCUT2D eigenvalue weighted by atomic mass is 16.4. The fourth-order valence-corrected chi connectivity index (χ4v) is 2.93. The molecular weight excluding hydrogens is 256 g/mol. The van der Waals surface area contributed by atoms with Crippen molar-refractivity contribution in [3.8, 4) is 0 Å². The number of aliphatic carboxylic acids is 1. The number of likely N-dealkylation sites (tertiary alicyclic amines) is 1. The molecule has 0 aromatic heterocycles. The van der Waals surface area contributed by atoms with Gasteiger partial charge in [0.2, 0.25) is 0 Å². The van der Waals surface area contributed by atoms with Crippen LogP contribution in [0.3, 0.4) is 0 Å². The number of nitrogens with zero attached hydrogens (tertiary/aromatic N) is 1. The summed E-state index contributed by atoms with van der Waals surface area (Å²) in [6, 6.07) is 9.32. The zero-order valence-corrected chi connectivity index (χ0v) is 11.2. The van der Waals surface area contributed by atoms with Gasteiger partial charge < -0.3 is 15.3 Å². The number of hydrogen-bond donors (Lipinski definition) is 2. The van der Waals surface area contributed by atoms with Crippen LogP contribution in [0.25, 0.3) is 0 Å². The van der Waals surface area contributed by atoms with Crippen molar-refractivity contribution in [1.82, 2.24) is 10.2 Å². The summed E-state index contributed by atoms with van der Waals surface area (Å²) in [5, 5.41) is 12.0. The maximum absolute atomic E-state index is 12.1. The summed E-state index contributed by atoms with van der Waals surface area (Å²) < 4.78 is 0. The zero-order valence-electron chi connectivity index (χ0n) is 11.2. The van der Waals surface area contributed by atoms with E-state index >= 15 is 0 Å². The molecule has 2 N–H and O–H groups in total. The topological polar surface area (TPSA) is 69.6 Å². The summed E-state index contributed by atoms with van der Waals surface area (Å²) in [7, 11) is 0. The van der Waals surface area contributed by atoms with Gasteiger partial charge in [-0.3, -0.25) is 0 Å². The number of benzene rings is 1. The number of carbonyl (C=O) groups is 2. The second-order valence-electron chi connectivity index (χ2n) is 5.50. The molecule has 1 aromatic rings. The van der Waals surface area contributed by atoms with Gasteiger partial charge in [-0.15, -0.1) is 0 Å². The first-order valence-electron chi connectivity index (χ1n) is 7.01. The zero-order chi connectivity index (χ0) is 14.1. The van der Waals surface area contributed by atoms with Gasteiger partial charge in [-0.25, -0.2) is 9.59 Å². The normalized spacial score (nSPS) is 28.2. The minimum Gasteiger partial charge on any atom is -0.480 e. The number of hydrogen-bond acceptors (Lipinski definition) is 2. The molecular formula is C15H18N2O3. The van der Waals surface area contributed by atoms with E-state index in [1.165, 1.54) is 10.5 Å². The van der Waals surface area contributed by atoms with Crippen molar-refractivity contribution >= 4 is 12.0 Å². The lowest BCUT2D eigenvalue weighted by Crippen LogP contribution is -2.46. The molecule has 3 atom stereocenters. The van der Waals surface area contributed by atoms with Crippen LogP contribution < -0.4 is 5.32 Å². The van der Waals surface area contributed by atoms with Gasteiger partial charge in [0.1, 0.15) is 6.04 Å². The molecule has 20 heavy (non-hydrogen) atoms. The van der Waals surface area contributed by atoms with Gasteiger partial charge in [-0.05, 0) is 24.8 Å². The van der Waals surface area contributed by atoms with E-state index in [4.69, 9.17) is 5.11 Å². The minimum absolute atomic E-state index is 0.139. The molecule has 2 amide bonds. The fourth-order valence-electron chi connectivity index (χ4n) is 2.93. The van der Waals surface area contributed by atoms with Crippen LogP contribution in [0.15, 0.2) is 30.3 Å². The molecule has 5 nitrogen and oxygen atoms in total. The molecule has 106 valence electrons. The molecule has 2 unspecified atom stereocenters. The Balaban J connectivity index is 1.57. The summed E-state index contributed by atoms with van der Waals surface area (Å²) >= 11 is 0. The first-order chi connectivity index (χ1) is 9.66. The molecule has 2 aliphatic rings. The predicted octanol–water partition coefficient (Wildman–Crippen LogP) is 1.80. The first-order valence-corrected chi connectivity index (χ1v) is 7.01. The molecule has 3 rings (SSSR count). The molecule has 2 fully saturated rings. The van der Waals surface area contributed by atoms with Crippen molar-refractivity contribution in [2.75, 3.05) is 6.54 Å².